The van der Waals surface area contributed by atoms with E-state index in [2.05, 4.69) is 15.3 Å². The fraction of sp³-hybridized carbons (Fsp3) is 0.375. The van der Waals surface area contributed by atoms with Gasteiger partial charge in [0.15, 0.2) is 0 Å². The van der Waals surface area contributed by atoms with Gasteiger partial charge in [-0.3, -0.25) is 0 Å². The number of benzene rings is 1. The Morgan fingerprint density at radius 3 is 2.32 bits per heavy atom. The van der Waals surface area contributed by atoms with Crippen LogP contribution in [0.2, 0.25) is 0 Å². The lowest BCUT2D eigenvalue weighted by Gasteiger charge is -2.31. The predicted molar refractivity (Wildman–Crippen MR) is 88.5 cm³/mol. The number of piperidine rings is 1. The molecule has 0 unspecified atom stereocenters. The molecule has 0 aliphatic carbocycles. The minimum Gasteiger partial charge on any atom is -0.367 e. The molecule has 0 bridgehead atoms. The Morgan fingerprint density at radius 1 is 1.08 bits per heavy atom. The first-order valence-corrected chi connectivity index (χ1v) is 9.30. The van der Waals surface area contributed by atoms with Crippen LogP contribution in [-0.2, 0) is 10.0 Å². The van der Waals surface area contributed by atoms with Crippen molar-refractivity contribution in [1.29, 1.82) is 0 Å². The summed E-state index contributed by atoms with van der Waals surface area (Å²) >= 11 is 0. The van der Waals surface area contributed by atoms with Crippen LogP contribution in [0.5, 0.6) is 0 Å². The van der Waals surface area contributed by atoms with Crippen LogP contribution in [0.3, 0.4) is 0 Å². The van der Waals surface area contributed by atoms with E-state index in [1.807, 2.05) is 13.0 Å². The number of sulfonamides is 1. The molecule has 2 aromatic rings. The summed E-state index contributed by atoms with van der Waals surface area (Å²) in [5.41, 5.74) is 0.839. The number of nitrogens with zero attached hydrogens (tertiary/aromatic N) is 3. The SMILES string of the molecule is Cc1cc(NC2CCN(S(=O)(=O)c3cc(F)cc(F)c3)CC2)ncn1. The molecule has 9 heteroatoms. The first kappa shape index (κ1) is 17.7. The van der Waals surface area contributed by atoms with Gasteiger partial charge in [0.1, 0.15) is 23.8 Å². The zero-order chi connectivity index (χ0) is 18.0. The van der Waals surface area contributed by atoms with Crippen LogP contribution >= 0.6 is 0 Å². The molecule has 2 heterocycles. The molecule has 1 fully saturated rings. The standard InChI is InChI=1S/C16H18F2N4O2S/c1-11-6-16(20-10-19-11)21-14-2-4-22(5-3-14)25(23,24)15-8-12(17)7-13(18)9-15/h6-10,14H,2-5H2,1H3,(H,19,20,21). The summed E-state index contributed by atoms with van der Waals surface area (Å²) in [5.74, 6) is -1.12. The van der Waals surface area contributed by atoms with E-state index >= 15 is 0 Å². The minimum absolute atomic E-state index is 0.0741. The number of anilines is 1. The maximum Gasteiger partial charge on any atom is 0.243 e. The van der Waals surface area contributed by atoms with Crippen LogP contribution in [0.25, 0.3) is 0 Å². The van der Waals surface area contributed by atoms with Gasteiger partial charge in [-0.2, -0.15) is 4.31 Å². The summed E-state index contributed by atoms with van der Waals surface area (Å²) in [5, 5.41) is 3.26. The fourth-order valence-electron chi connectivity index (χ4n) is 2.81. The normalized spacial score (nSPS) is 16.8. The number of hydrogen-bond acceptors (Lipinski definition) is 5. The van der Waals surface area contributed by atoms with Crippen LogP contribution < -0.4 is 5.32 Å². The van der Waals surface area contributed by atoms with Crippen molar-refractivity contribution in [1.82, 2.24) is 14.3 Å². The summed E-state index contributed by atoms with van der Waals surface area (Å²) in [4.78, 5) is 7.80. The molecule has 1 aromatic heterocycles. The highest BCUT2D eigenvalue weighted by Crippen LogP contribution is 2.23. The molecular weight excluding hydrogens is 350 g/mol. The van der Waals surface area contributed by atoms with E-state index < -0.39 is 21.7 Å². The quantitative estimate of drug-likeness (QED) is 0.896. The Labute approximate surface area is 145 Å². The Morgan fingerprint density at radius 2 is 1.72 bits per heavy atom. The van der Waals surface area contributed by atoms with E-state index in [0.29, 0.717) is 24.7 Å². The van der Waals surface area contributed by atoms with Gasteiger partial charge in [-0.05, 0) is 31.9 Å². The highest BCUT2D eigenvalue weighted by Gasteiger charge is 2.30. The minimum atomic E-state index is -3.91. The van der Waals surface area contributed by atoms with Crippen molar-refractivity contribution >= 4 is 15.8 Å². The van der Waals surface area contributed by atoms with Gasteiger partial charge in [0.25, 0.3) is 0 Å². The number of aryl methyl sites for hydroxylation is 1. The van der Waals surface area contributed by atoms with Crippen molar-refractivity contribution in [2.75, 3.05) is 18.4 Å². The van der Waals surface area contributed by atoms with Crippen LogP contribution in [0.15, 0.2) is 35.5 Å². The molecule has 1 aliphatic rings. The number of rotatable bonds is 4. The maximum absolute atomic E-state index is 13.3. The number of halogens is 2. The second-order valence-electron chi connectivity index (χ2n) is 5.97. The molecule has 25 heavy (non-hydrogen) atoms. The van der Waals surface area contributed by atoms with Gasteiger partial charge >= 0.3 is 0 Å². The predicted octanol–water partition coefficient (Wildman–Crippen LogP) is 2.33. The summed E-state index contributed by atoms with van der Waals surface area (Å²) in [6.45, 7) is 2.39. The summed E-state index contributed by atoms with van der Waals surface area (Å²) in [7, 11) is -3.91. The highest BCUT2D eigenvalue weighted by molar-refractivity contribution is 7.89. The Balaban J connectivity index is 1.67. The van der Waals surface area contributed by atoms with Gasteiger partial charge < -0.3 is 5.32 Å². The van der Waals surface area contributed by atoms with E-state index in [0.717, 1.165) is 17.8 Å². The number of aromatic nitrogens is 2. The average Bonchev–Trinajstić information content (AvgIpc) is 2.54. The number of nitrogens with one attached hydrogen (secondary N) is 1. The molecule has 0 spiro atoms. The molecule has 1 aromatic carbocycles. The van der Waals surface area contributed by atoms with Crippen molar-refractivity contribution < 1.29 is 17.2 Å². The van der Waals surface area contributed by atoms with E-state index in [4.69, 9.17) is 0 Å². The first-order valence-electron chi connectivity index (χ1n) is 7.86. The van der Waals surface area contributed by atoms with Crippen molar-refractivity contribution in [3.05, 3.63) is 47.9 Å². The van der Waals surface area contributed by atoms with Crippen molar-refractivity contribution in [3.8, 4) is 0 Å². The van der Waals surface area contributed by atoms with E-state index in [9.17, 15) is 17.2 Å². The topological polar surface area (TPSA) is 75.2 Å². The molecule has 1 aliphatic heterocycles. The monoisotopic (exact) mass is 368 g/mol. The zero-order valence-corrected chi connectivity index (χ0v) is 14.4. The third-order valence-corrected chi connectivity index (χ3v) is 5.96. The Kier molecular flexibility index (Phi) is 4.96. The van der Waals surface area contributed by atoms with Crippen LogP contribution in [0.4, 0.5) is 14.6 Å². The van der Waals surface area contributed by atoms with Gasteiger partial charge in [0.05, 0.1) is 4.90 Å². The van der Waals surface area contributed by atoms with Crippen LogP contribution in [0.1, 0.15) is 18.5 Å². The smallest absolute Gasteiger partial charge is 0.243 e. The van der Waals surface area contributed by atoms with Crippen molar-refractivity contribution in [2.24, 2.45) is 0 Å². The van der Waals surface area contributed by atoms with E-state index in [1.54, 1.807) is 0 Å². The summed E-state index contributed by atoms with van der Waals surface area (Å²) in [6, 6.07) is 4.22. The van der Waals surface area contributed by atoms with Crippen LogP contribution in [-0.4, -0.2) is 41.8 Å². The molecule has 1 N–H and O–H groups in total. The van der Waals surface area contributed by atoms with Gasteiger partial charge in [0.2, 0.25) is 10.0 Å². The Bertz CT molecular complexity index is 848. The highest BCUT2D eigenvalue weighted by atomic mass is 32.2. The van der Waals surface area contributed by atoms with Crippen molar-refractivity contribution in [3.63, 3.8) is 0 Å². The fourth-order valence-corrected chi connectivity index (χ4v) is 4.32. The zero-order valence-electron chi connectivity index (χ0n) is 13.6. The molecule has 0 amide bonds. The summed E-state index contributed by atoms with van der Waals surface area (Å²) < 4.78 is 53.0. The van der Waals surface area contributed by atoms with Crippen molar-refractivity contribution in [2.45, 2.75) is 30.7 Å². The molecule has 0 atom stereocenters. The molecule has 3 rings (SSSR count). The average molecular weight is 368 g/mol. The molecule has 0 saturated carbocycles. The van der Waals surface area contributed by atoms with Gasteiger partial charge in [-0.1, -0.05) is 0 Å². The molecule has 1 saturated heterocycles. The molecule has 134 valence electrons. The van der Waals surface area contributed by atoms with Gasteiger partial charge in [0, 0.05) is 37.0 Å². The lowest BCUT2D eigenvalue weighted by atomic mass is 10.1. The van der Waals surface area contributed by atoms with Gasteiger partial charge in [-0.15, -0.1) is 0 Å². The van der Waals surface area contributed by atoms with E-state index in [-0.39, 0.29) is 24.0 Å². The summed E-state index contributed by atoms with van der Waals surface area (Å²) in [6.07, 6.45) is 2.61. The lowest BCUT2D eigenvalue weighted by molar-refractivity contribution is 0.329. The van der Waals surface area contributed by atoms with Gasteiger partial charge in [-0.25, -0.2) is 27.2 Å². The third-order valence-electron chi connectivity index (χ3n) is 4.08. The first-order chi connectivity index (χ1) is 11.8. The largest absolute Gasteiger partial charge is 0.367 e. The third kappa shape index (κ3) is 4.10. The molecule has 0 radical (unpaired) electrons. The second-order valence-corrected chi connectivity index (χ2v) is 7.91. The Hall–Kier alpha value is -2.13. The molecular formula is C16H18F2N4O2S. The lowest BCUT2D eigenvalue weighted by Crippen LogP contribution is -2.42. The molecule has 6 nitrogen and oxygen atoms in total. The van der Waals surface area contributed by atoms with Crippen LogP contribution in [0, 0.1) is 18.6 Å². The second kappa shape index (κ2) is 7.01. The maximum atomic E-state index is 13.3. The number of hydrogen-bond donors (Lipinski definition) is 1. The van der Waals surface area contributed by atoms with E-state index in [1.165, 1.54) is 10.6 Å².